The minimum absolute atomic E-state index is 0.0334. The highest BCUT2D eigenvalue weighted by Gasteiger charge is 2.28. The van der Waals surface area contributed by atoms with Crippen molar-refractivity contribution in [2.75, 3.05) is 20.3 Å². The van der Waals surface area contributed by atoms with Gasteiger partial charge < -0.3 is 15.2 Å². The topological polar surface area (TPSA) is 93.5 Å². The minimum atomic E-state index is -1.72. The Balaban J connectivity index is 1.82. The molecule has 0 saturated carbocycles. The zero-order chi connectivity index (χ0) is 23.9. The van der Waals surface area contributed by atoms with Gasteiger partial charge >= 0.3 is 0 Å². The minimum Gasteiger partial charge on any atom is -0.389 e. The van der Waals surface area contributed by atoms with Crippen LogP contribution in [0.15, 0.2) is 35.4 Å². The summed E-state index contributed by atoms with van der Waals surface area (Å²) in [5.41, 5.74) is 1.38. The highest BCUT2D eigenvalue weighted by atomic mass is 19.1. The third-order valence-electron chi connectivity index (χ3n) is 6.36. The fourth-order valence-electron chi connectivity index (χ4n) is 4.29. The van der Waals surface area contributed by atoms with Crippen LogP contribution in [0.1, 0.15) is 51.2 Å². The van der Waals surface area contributed by atoms with Crippen LogP contribution in [0.5, 0.6) is 0 Å². The van der Waals surface area contributed by atoms with E-state index in [4.69, 9.17) is 4.74 Å². The van der Waals surface area contributed by atoms with Crippen LogP contribution < -0.4 is 10.9 Å². The molecule has 1 saturated heterocycles. The van der Waals surface area contributed by atoms with E-state index in [9.17, 15) is 19.1 Å². The lowest BCUT2D eigenvalue weighted by Crippen LogP contribution is -2.39. The number of halogens is 2. The number of hydrogen-bond donors (Lipinski definition) is 2. The molecule has 1 fully saturated rings. The summed E-state index contributed by atoms with van der Waals surface area (Å²) in [6.45, 7) is 4.01. The Bertz CT molecular complexity index is 1290. The molecule has 1 aliphatic heterocycles. The number of aliphatic hydroxyl groups excluding tert-OH is 1. The zero-order valence-corrected chi connectivity index (χ0v) is 18.6. The Labute approximate surface area is 189 Å². The molecule has 2 aromatic carbocycles. The monoisotopic (exact) mass is 457 g/mol. The first-order chi connectivity index (χ1) is 15.7. The number of hydrogen-bond acceptors (Lipinski definition) is 5. The van der Waals surface area contributed by atoms with Crippen LogP contribution in [-0.2, 0) is 4.74 Å². The maximum absolute atomic E-state index is 15.6. The molecule has 9 heteroatoms. The quantitative estimate of drug-likeness (QED) is 0.629. The van der Waals surface area contributed by atoms with Gasteiger partial charge in [0.25, 0.3) is 11.5 Å². The highest BCUT2D eigenvalue weighted by molar-refractivity contribution is 5.94. The number of aryl methyl sites for hydroxylation is 1. The third-order valence-corrected chi connectivity index (χ3v) is 6.36. The van der Waals surface area contributed by atoms with Gasteiger partial charge in [-0.15, -0.1) is 0 Å². The number of fused-ring (bicyclic) bond motifs is 1. The van der Waals surface area contributed by atoms with Crippen molar-refractivity contribution in [2.45, 2.75) is 38.6 Å². The van der Waals surface area contributed by atoms with Crippen LogP contribution in [0.4, 0.5) is 8.78 Å². The van der Waals surface area contributed by atoms with Crippen LogP contribution in [0.3, 0.4) is 0 Å². The fourth-order valence-corrected chi connectivity index (χ4v) is 4.29. The summed E-state index contributed by atoms with van der Waals surface area (Å²) in [6, 6.07) is 4.55. The molecule has 174 valence electrons. The van der Waals surface area contributed by atoms with E-state index in [0.29, 0.717) is 29.7 Å². The second-order valence-corrected chi connectivity index (χ2v) is 8.25. The number of ether oxygens (including phenoxy) is 1. The van der Waals surface area contributed by atoms with Gasteiger partial charge in [0.2, 0.25) is 0 Å². The number of alkyl halides is 1. The number of amides is 1. The number of benzene rings is 2. The predicted octanol–water partition coefficient (Wildman–Crippen LogP) is 2.89. The van der Waals surface area contributed by atoms with Gasteiger partial charge in [-0.2, -0.15) is 0 Å². The van der Waals surface area contributed by atoms with E-state index in [1.54, 1.807) is 13.8 Å². The molecule has 4 rings (SSSR count). The molecule has 0 bridgehead atoms. The lowest BCUT2D eigenvalue weighted by atomic mass is 9.92. The number of rotatable bonds is 4. The van der Waals surface area contributed by atoms with E-state index in [1.165, 1.54) is 36.1 Å². The van der Waals surface area contributed by atoms with E-state index in [0.717, 1.165) is 6.07 Å². The molecule has 33 heavy (non-hydrogen) atoms. The van der Waals surface area contributed by atoms with Crippen molar-refractivity contribution in [2.24, 2.45) is 0 Å². The molecular weight excluding hydrogens is 432 g/mol. The Hall–Kier alpha value is -3.17. The van der Waals surface area contributed by atoms with E-state index in [-0.39, 0.29) is 34.2 Å². The molecule has 1 amide bonds. The lowest BCUT2D eigenvalue weighted by molar-refractivity contribution is -0.0395. The highest BCUT2D eigenvalue weighted by Crippen LogP contribution is 2.33. The number of carbonyl (C=O) groups is 1. The van der Waals surface area contributed by atoms with Crippen molar-refractivity contribution in [3.63, 3.8) is 0 Å². The smallest absolute Gasteiger partial charge is 0.261 e. The lowest BCUT2D eigenvalue weighted by Gasteiger charge is -2.29. The number of carbonyl (C=O) groups excluding carboxylic acids is 1. The fraction of sp³-hybridized carbons (Fsp3) is 0.375. The van der Waals surface area contributed by atoms with Gasteiger partial charge in [-0.25, -0.2) is 13.8 Å². The van der Waals surface area contributed by atoms with E-state index in [2.05, 4.69) is 10.3 Å². The van der Waals surface area contributed by atoms with Crippen molar-refractivity contribution >= 4 is 16.8 Å². The van der Waals surface area contributed by atoms with Gasteiger partial charge in [-0.3, -0.25) is 14.2 Å². The zero-order valence-electron chi connectivity index (χ0n) is 18.6. The molecular formula is C24H25F2N3O4. The molecule has 1 unspecified atom stereocenters. The van der Waals surface area contributed by atoms with Gasteiger partial charge in [0.1, 0.15) is 5.82 Å². The summed E-state index contributed by atoms with van der Waals surface area (Å²) >= 11 is 0. The first-order valence-electron chi connectivity index (χ1n) is 10.7. The van der Waals surface area contributed by atoms with Crippen LogP contribution in [-0.4, -0.2) is 46.9 Å². The third kappa shape index (κ3) is 4.02. The molecule has 3 aromatic rings. The van der Waals surface area contributed by atoms with Crippen LogP contribution >= 0.6 is 0 Å². The Kier molecular flexibility index (Phi) is 6.27. The van der Waals surface area contributed by atoms with Crippen molar-refractivity contribution in [1.82, 2.24) is 14.9 Å². The average molecular weight is 457 g/mol. The molecule has 0 aliphatic carbocycles. The summed E-state index contributed by atoms with van der Waals surface area (Å²) < 4.78 is 36.7. The molecule has 1 aliphatic rings. The largest absolute Gasteiger partial charge is 0.389 e. The van der Waals surface area contributed by atoms with Crippen LogP contribution in [0, 0.1) is 19.7 Å². The van der Waals surface area contributed by atoms with E-state index < -0.39 is 30.0 Å². The maximum Gasteiger partial charge on any atom is 0.261 e. The Morgan fingerprint density at radius 3 is 2.73 bits per heavy atom. The molecule has 1 aromatic heterocycles. The number of nitrogens with one attached hydrogen (secondary N) is 1. The normalized spacial score (nSPS) is 19.5. The van der Waals surface area contributed by atoms with Crippen molar-refractivity contribution < 1.29 is 23.4 Å². The van der Waals surface area contributed by atoms with Gasteiger partial charge in [-0.05, 0) is 60.7 Å². The first kappa shape index (κ1) is 23.0. The summed E-state index contributed by atoms with van der Waals surface area (Å²) in [5.74, 6) is -1.43. The predicted molar refractivity (Wildman–Crippen MR) is 119 cm³/mol. The second kappa shape index (κ2) is 8.99. The van der Waals surface area contributed by atoms with Gasteiger partial charge in [0, 0.05) is 13.7 Å². The molecule has 3 atom stereocenters. The maximum atomic E-state index is 15.6. The summed E-state index contributed by atoms with van der Waals surface area (Å²) in [4.78, 5) is 29.5. The van der Waals surface area contributed by atoms with E-state index >= 15 is 4.39 Å². The average Bonchev–Trinajstić information content (AvgIpc) is 2.81. The number of aromatic nitrogens is 2. The van der Waals surface area contributed by atoms with Gasteiger partial charge in [-0.1, -0.05) is 6.07 Å². The summed E-state index contributed by atoms with van der Waals surface area (Å²) in [7, 11) is 1.38. The molecule has 0 radical (unpaired) electrons. The first-order valence-corrected chi connectivity index (χ1v) is 10.7. The Morgan fingerprint density at radius 2 is 2.06 bits per heavy atom. The van der Waals surface area contributed by atoms with Crippen molar-refractivity contribution in [3.05, 3.63) is 74.6 Å². The molecule has 7 nitrogen and oxygen atoms in total. The van der Waals surface area contributed by atoms with Crippen LogP contribution in [0.2, 0.25) is 0 Å². The van der Waals surface area contributed by atoms with E-state index in [1.807, 2.05) is 0 Å². The van der Waals surface area contributed by atoms with Gasteiger partial charge in [0.15, 0.2) is 6.17 Å². The Morgan fingerprint density at radius 1 is 1.30 bits per heavy atom. The van der Waals surface area contributed by atoms with Crippen LogP contribution in [0.25, 0.3) is 10.9 Å². The van der Waals surface area contributed by atoms with Gasteiger partial charge in [0.05, 0.1) is 41.5 Å². The standard InChI is InChI=1S/C24H25F2N3O4/c1-12-13(2)22-17(24(32)29(11-28-22)19-6-7-33-10-20(19)30)9-16(12)21(26)14-4-5-15(18(25)8-14)23(31)27-3/h4-5,8-9,11,19-21,30H,6-7,10H2,1-3H3,(H,27,31)/t19-,20-,21?/m0/s1. The number of nitrogens with zero attached hydrogens (tertiary/aromatic N) is 2. The van der Waals surface area contributed by atoms with Crippen molar-refractivity contribution in [3.8, 4) is 0 Å². The number of aliphatic hydroxyl groups is 1. The SMILES string of the molecule is CNC(=O)c1ccc(C(F)c2cc3c(=O)n([C@H]4CCOC[C@@H]4O)cnc3c(C)c2C)cc1F. The molecule has 2 heterocycles. The molecule has 0 spiro atoms. The summed E-state index contributed by atoms with van der Waals surface area (Å²) in [5, 5.41) is 12.8. The summed E-state index contributed by atoms with van der Waals surface area (Å²) in [6.07, 6.45) is -0.703. The van der Waals surface area contributed by atoms with Crippen molar-refractivity contribution in [1.29, 1.82) is 0 Å². The molecule has 2 N–H and O–H groups in total. The second-order valence-electron chi connectivity index (χ2n) is 8.25.